The van der Waals surface area contributed by atoms with E-state index in [1.165, 1.54) is 0 Å². The van der Waals surface area contributed by atoms with Crippen LogP contribution in [-0.2, 0) is 4.84 Å². The number of hydrogen-bond acceptors (Lipinski definition) is 3. The van der Waals surface area contributed by atoms with Crippen LogP contribution >= 0.6 is 0 Å². The van der Waals surface area contributed by atoms with Gasteiger partial charge in [0.25, 0.3) is 0 Å². The Morgan fingerprint density at radius 2 is 1.73 bits per heavy atom. The average Bonchev–Trinajstić information content (AvgIpc) is 2.17. The number of carbonyl (C=O) groups excluding carboxylic acids is 1. The molecule has 0 saturated heterocycles. The Balaban J connectivity index is 0.000000423. The first-order valence-corrected chi connectivity index (χ1v) is 4.17. The molecule has 0 unspecified atom stereocenters. The van der Waals surface area contributed by atoms with E-state index < -0.39 is 17.2 Å². The van der Waals surface area contributed by atoms with Crippen LogP contribution in [0.15, 0.2) is 12.1 Å². The molecule has 0 aliphatic rings. The fourth-order valence-electron chi connectivity index (χ4n) is 0.824. The molecule has 0 heterocycles. The van der Waals surface area contributed by atoms with Crippen molar-refractivity contribution in [3.05, 3.63) is 34.9 Å². The summed E-state index contributed by atoms with van der Waals surface area (Å²) in [5.74, 6) is -1.62. The largest absolute Gasteiger partial charge is 0.305 e. The molecule has 15 heavy (non-hydrogen) atoms. The molecule has 0 aliphatic carbocycles. The summed E-state index contributed by atoms with van der Waals surface area (Å²) in [6.45, 7) is 1.56. The summed E-state index contributed by atoms with van der Waals surface area (Å²) in [6.07, 6.45) is 0.171. The summed E-state index contributed by atoms with van der Waals surface area (Å²) in [4.78, 5) is 14.4. The molecule has 0 bridgehead atoms. The summed E-state index contributed by atoms with van der Waals surface area (Å²) >= 11 is 0. The summed E-state index contributed by atoms with van der Waals surface area (Å²) in [6, 6.07) is 2.24. The third kappa shape index (κ3) is 4.62. The molecular weight excluding hydrogens is 204 g/mol. The van der Waals surface area contributed by atoms with Gasteiger partial charge in [0.2, 0.25) is 0 Å². The molecular formula is C10H13F2NO2. The highest BCUT2D eigenvalue weighted by molar-refractivity contribution is 5.75. The lowest BCUT2D eigenvalue weighted by atomic mass is 10.1. The zero-order valence-corrected chi connectivity index (χ0v) is 8.80. The molecule has 0 fully saturated rings. The van der Waals surface area contributed by atoms with E-state index in [0.29, 0.717) is 5.56 Å². The first kappa shape index (κ1) is 13.7. The van der Waals surface area contributed by atoms with Gasteiger partial charge in [-0.2, -0.15) is 0 Å². The van der Waals surface area contributed by atoms with Crippen LogP contribution < -0.4 is 5.48 Å². The van der Waals surface area contributed by atoms with Gasteiger partial charge >= 0.3 is 0 Å². The zero-order valence-electron chi connectivity index (χ0n) is 8.80. The van der Waals surface area contributed by atoms with Crippen LogP contribution in [0.3, 0.4) is 0 Å². The van der Waals surface area contributed by atoms with Gasteiger partial charge in [0.1, 0.15) is 11.6 Å². The van der Waals surface area contributed by atoms with Gasteiger partial charge in [0, 0.05) is 7.05 Å². The molecule has 84 valence electrons. The van der Waals surface area contributed by atoms with Gasteiger partial charge in [-0.05, 0) is 24.6 Å². The molecule has 0 saturated carbocycles. The predicted octanol–water partition coefficient (Wildman–Crippen LogP) is 1.85. The number of aryl methyl sites for hydroxylation is 1. The number of hydroxylamine groups is 1. The van der Waals surface area contributed by atoms with Crippen LogP contribution in [0.25, 0.3) is 0 Å². The molecule has 1 aromatic carbocycles. The smallest absolute Gasteiger partial charge is 0.155 e. The summed E-state index contributed by atoms with van der Waals surface area (Å²) in [5, 5.41) is 0. The van der Waals surface area contributed by atoms with Crippen molar-refractivity contribution < 1.29 is 18.4 Å². The highest BCUT2D eigenvalue weighted by atomic mass is 19.1. The van der Waals surface area contributed by atoms with Crippen molar-refractivity contribution in [1.82, 2.24) is 5.48 Å². The Morgan fingerprint density at radius 1 is 1.33 bits per heavy atom. The van der Waals surface area contributed by atoms with E-state index in [2.05, 4.69) is 10.3 Å². The van der Waals surface area contributed by atoms with Crippen molar-refractivity contribution in [2.24, 2.45) is 0 Å². The van der Waals surface area contributed by atoms with Crippen LogP contribution in [0.4, 0.5) is 8.78 Å². The Bertz CT molecular complexity index is 304. The molecule has 0 aromatic heterocycles. The molecule has 1 rings (SSSR count). The van der Waals surface area contributed by atoms with E-state index in [1.54, 1.807) is 21.1 Å². The van der Waals surface area contributed by atoms with Crippen molar-refractivity contribution in [3.63, 3.8) is 0 Å². The standard InChI is InChI=1S/C8H6F2O.C2H7NO/c1-5-2-7(9)6(4-11)8(10)3-5;1-3-4-2/h2-4H,1H3;3H,1-2H3. The van der Waals surface area contributed by atoms with E-state index in [4.69, 9.17) is 0 Å². The molecule has 1 N–H and O–H groups in total. The monoisotopic (exact) mass is 217 g/mol. The molecule has 0 spiro atoms. The summed E-state index contributed by atoms with van der Waals surface area (Å²) < 4.78 is 25.3. The quantitative estimate of drug-likeness (QED) is 0.607. The molecule has 0 atom stereocenters. The number of benzene rings is 1. The molecule has 3 nitrogen and oxygen atoms in total. The van der Waals surface area contributed by atoms with Crippen molar-refractivity contribution in [1.29, 1.82) is 0 Å². The average molecular weight is 217 g/mol. The second kappa shape index (κ2) is 7.03. The van der Waals surface area contributed by atoms with Crippen LogP contribution in [0.1, 0.15) is 15.9 Å². The Morgan fingerprint density at radius 3 is 2.00 bits per heavy atom. The fraction of sp³-hybridized carbons (Fsp3) is 0.300. The van der Waals surface area contributed by atoms with Crippen molar-refractivity contribution in [2.75, 3.05) is 14.2 Å². The number of hydrogen-bond donors (Lipinski definition) is 1. The maximum absolute atomic E-state index is 12.6. The summed E-state index contributed by atoms with van der Waals surface area (Å²) in [7, 11) is 3.28. The lowest BCUT2D eigenvalue weighted by Crippen LogP contribution is -2.00. The first-order valence-electron chi connectivity index (χ1n) is 4.17. The number of halogens is 2. The molecule has 5 heteroatoms. The van der Waals surface area contributed by atoms with Gasteiger partial charge in [0.15, 0.2) is 6.29 Å². The predicted molar refractivity (Wildman–Crippen MR) is 52.6 cm³/mol. The third-order valence-corrected chi connectivity index (χ3v) is 1.55. The van der Waals surface area contributed by atoms with Crippen LogP contribution in [-0.4, -0.2) is 20.4 Å². The van der Waals surface area contributed by atoms with Gasteiger partial charge in [-0.25, -0.2) is 14.3 Å². The minimum Gasteiger partial charge on any atom is -0.305 e. The number of aldehydes is 1. The van der Waals surface area contributed by atoms with E-state index in [9.17, 15) is 13.6 Å². The van der Waals surface area contributed by atoms with E-state index in [0.717, 1.165) is 12.1 Å². The highest BCUT2D eigenvalue weighted by Crippen LogP contribution is 2.12. The number of carbonyl (C=O) groups is 1. The second-order valence-electron chi connectivity index (χ2n) is 2.67. The van der Waals surface area contributed by atoms with E-state index in [1.807, 2.05) is 0 Å². The maximum atomic E-state index is 12.6. The van der Waals surface area contributed by atoms with Crippen LogP contribution in [0.2, 0.25) is 0 Å². The lowest BCUT2D eigenvalue weighted by molar-refractivity contribution is 0.111. The minimum absolute atomic E-state index is 0.171. The van der Waals surface area contributed by atoms with Crippen molar-refractivity contribution in [2.45, 2.75) is 6.92 Å². The number of rotatable bonds is 2. The highest BCUT2D eigenvalue weighted by Gasteiger charge is 2.07. The topological polar surface area (TPSA) is 38.3 Å². The Hall–Kier alpha value is -1.33. The van der Waals surface area contributed by atoms with Crippen molar-refractivity contribution in [3.8, 4) is 0 Å². The molecule has 1 aromatic rings. The second-order valence-corrected chi connectivity index (χ2v) is 2.67. The van der Waals surface area contributed by atoms with Crippen LogP contribution in [0, 0.1) is 18.6 Å². The van der Waals surface area contributed by atoms with E-state index >= 15 is 0 Å². The third-order valence-electron chi connectivity index (χ3n) is 1.55. The van der Waals surface area contributed by atoms with Gasteiger partial charge in [0.05, 0.1) is 12.7 Å². The fourth-order valence-corrected chi connectivity index (χ4v) is 0.824. The van der Waals surface area contributed by atoms with Gasteiger partial charge in [-0.15, -0.1) is 0 Å². The Kier molecular flexibility index (Phi) is 6.40. The van der Waals surface area contributed by atoms with E-state index in [-0.39, 0.29) is 6.29 Å². The van der Waals surface area contributed by atoms with Gasteiger partial charge in [-0.1, -0.05) is 0 Å². The molecule has 0 amide bonds. The van der Waals surface area contributed by atoms with Gasteiger partial charge in [-0.3, -0.25) is 4.79 Å². The van der Waals surface area contributed by atoms with Crippen molar-refractivity contribution >= 4 is 6.29 Å². The number of nitrogens with one attached hydrogen (secondary N) is 1. The first-order chi connectivity index (χ1) is 7.06. The molecule has 0 aliphatic heterocycles. The SMILES string of the molecule is CNOC.Cc1cc(F)c(C=O)c(F)c1. The molecule has 0 radical (unpaired) electrons. The van der Waals surface area contributed by atoms with Crippen LogP contribution in [0.5, 0.6) is 0 Å². The normalized spacial score (nSPS) is 9.13. The summed E-state index contributed by atoms with van der Waals surface area (Å²) in [5.41, 5.74) is 2.39. The minimum atomic E-state index is -0.808. The Labute approximate surface area is 87.0 Å². The maximum Gasteiger partial charge on any atom is 0.155 e. The van der Waals surface area contributed by atoms with Gasteiger partial charge < -0.3 is 4.84 Å². The lowest BCUT2D eigenvalue weighted by Gasteiger charge is -1.97. The zero-order chi connectivity index (χ0) is 11.8.